The molecule has 0 radical (unpaired) electrons. The van der Waals surface area contributed by atoms with Crippen molar-refractivity contribution in [2.45, 2.75) is 45.1 Å². The van der Waals surface area contributed by atoms with E-state index >= 15 is 0 Å². The summed E-state index contributed by atoms with van der Waals surface area (Å²) in [5.74, 6) is -0.174. The van der Waals surface area contributed by atoms with Gasteiger partial charge in [0.05, 0.1) is 10.4 Å². The third-order valence-electron chi connectivity index (χ3n) is 6.51. The Morgan fingerprint density at radius 3 is 2.71 bits per heavy atom. The zero-order valence-electron chi connectivity index (χ0n) is 20.7. The maximum Gasteiger partial charge on any atom is 0.270 e. The third-order valence-corrected chi connectivity index (χ3v) is 6.80. The molecular weight excluding hydrogens is 515 g/mol. The Balaban J connectivity index is 1.26. The van der Waals surface area contributed by atoms with Crippen LogP contribution in [0.1, 0.15) is 64.4 Å². The Bertz CT molecular complexity index is 1570. The van der Waals surface area contributed by atoms with Crippen molar-refractivity contribution in [1.29, 1.82) is 0 Å². The number of carbonyl (C=O) groups is 2. The lowest BCUT2D eigenvalue weighted by Crippen LogP contribution is -2.31. The van der Waals surface area contributed by atoms with E-state index in [9.17, 15) is 14.0 Å². The Morgan fingerprint density at radius 2 is 2.00 bits per heavy atom. The second kappa shape index (κ2) is 10.3. The van der Waals surface area contributed by atoms with Gasteiger partial charge in [-0.25, -0.2) is 9.37 Å². The molecule has 0 bridgehead atoms. The van der Waals surface area contributed by atoms with E-state index in [2.05, 4.69) is 48.8 Å². The molecule has 0 fully saturated rings. The molecule has 4 aromatic rings. The number of aryl methyl sites for hydroxylation is 1. The van der Waals surface area contributed by atoms with Gasteiger partial charge in [-0.15, -0.1) is 0 Å². The maximum atomic E-state index is 13.4. The van der Waals surface area contributed by atoms with Crippen LogP contribution in [0.3, 0.4) is 0 Å². The molecule has 1 atom stereocenters. The van der Waals surface area contributed by atoms with Gasteiger partial charge in [0.2, 0.25) is 5.89 Å². The lowest BCUT2D eigenvalue weighted by molar-refractivity contribution is 0.0945. The molecule has 1 aliphatic carbocycles. The Labute approximate surface area is 221 Å². The summed E-state index contributed by atoms with van der Waals surface area (Å²) < 4.78 is 20.0. The van der Waals surface area contributed by atoms with E-state index in [1.54, 1.807) is 6.92 Å². The largest absolute Gasteiger partial charge is 0.347 e. The van der Waals surface area contributed by atoms with Crippen LogP contribution in [-0.4, -0.2) is 48.1 Å². The highest BCUT2D eigenvalue weighted by atomic mass is 35.5. The molecule has 196 valence electrons. The van der Waals surface area contributed by atoms with Gasteiger partial charge in [-0.1, -0.05) is 41.4 Å². The Kier molecular flexibility index (Phi) is 6.89. The van der Waals surface area contributed by atoms with Gasteiger partial charge in [-0.05, 0) is 43.9 Å². The van der Waals surface area contributed by atoms with Gasteiger partial charge in [0, 0.05) is 19.2 Å². The standard InChI is InChI=1S/C25H24ClFN8O3/c1-14-32-23(38-34-14)25(2)7-5-15(6-8-25)11-29-22(37)20-10-19(33-24-30-13-31-35(20)24)21(36)28-12-16-3-4-18(27)17(26)9-16/h3-5,9-10,13H,6-8,11-12H2,1-2H3,(H,28,36)(H,29,37). The average molecular weight is 539 g/mol. The molecule has 11 nitrogen and oxygen atoms in total. The van der Waals surface area contributed by atoms with Gasteiger partial charge in [0.1, 0.15) is 23.5 Å². The van der Waals surface area contributed by atoms with Crippen molar-refractivity contribution < 1.29 is 18.5 Å². The SMILES string of the molecule is Cc1noc(C2(C)CC=C(CNC(=O)c3cc(C(=O)NCc4ccc(F)c(Cl)c4)nc4ncnn34)CC2)n1. The normalized spacial score (nSPS) is 17.3. The topological polar surface area (TPSA) is 140 Å². The van der Waals surface area contributed by atoms with E-state index in [4.69, 9.17) is 16.1 Å². The maximum absolute atomic E-state index is 13.4. The zero-order chi connectivity index (χ0) is 26.9. The summed E-state index contributed by atoms with van der Waals surface area (Å²) in [6, 6.07) is 5.52. The highest BCUT2D eigenvalue weighted by Gasteiger charge is 2.34. The number of carbonyl (C=O) groups excluding carboxylic acids is 2. The summed E-state index contributed by atoms with van der Waals surface area (Å²) in [6.07, 6.45) is 5.62. The van der Waals surface area contributed by atoms with E-state index < -0.39 is 17.6 Å². The predicted molar refractivity (Wildman–Crippen MR) is 134 cm³/mol. The first-order valence-electron chi connectivity index (χ1n) is 11.9. The van der Waals surface area contributed by atoms with Crippen LogP contribution in [0.15, 0.2) is 46.8 Å². The minimum Gasteiger partial charge on any atom is -0.347 e. The van der Waals surface area contributed by atoms with Crippen LogP contribution >= 0.6 is 11.6 Å². The zero-order valence-corrected chi connectivity index (χ0v) is 21.4. The van der Waals surface area contributed by atoms with Crippen molar-refractivity contribution in [1.82, 2.24) is 40.4 Å². The summed E-state index contributed by atoms with van der Waals surface area (Å²) in [4.78, 5) is 38.5. The van der Waals surface area contributed by atoms with Crippen molar-refractivity contribution in [3.8, 4) is 0 Å². The second-order valence-electron chi connectivity index (χ2n) is 9.39. The van der Waals surface area contributed by atoms with Crippen molar-refractivity contribution >= 4 is 29.2 Å². The van der Waals surface area contributed by atoms with Crippen molar-refractivity contribution in [2.24, 2.45) is 0 Å². The third kappa shape index (κ3) is 5.25. The minimum atomic E-state index is -0.545. The van der Waals surface area contributed by atoms with Gasteiger partial charge in [0.25, 0.3) is 17.6 Å². The summed E-state index contributed by atoms with van der Waals surface area (Å²) in [7, 11) is 0. The first kappa shape index (κ1) is 25.5. The molecule has 0 aliphatic heterocycles. The molecule has 2 N–H and O–H groups in total. The fourth-order valence-corrected chi connectivity index (χ4v) is 4.41. The molecule has 0 spiro atoms. The molecule has 0 saturated carbocycles. The number of fused-ring (bicyclic) bond motifs is 1. The van der Waals surface area contributed by atoms with Crippen LogP contribution in [0.25, 0.3) is 5.78 Å². The number of halogens is 2. The second-order valence-corrected chi connectivity index (χ2v) is 9.79. The summed E-state index contributed by atoms with van der Waals surface area (Å²) in [5, 5.41) is 13.5. The smallest absolute Gasteiger partial charge is 0.270 e. The number of hydrogen-bond donors (Lipinski definition) is 2. The summed E-state index contributed by atoms with van der Waals surface area (Å²) in [5.41, 5.74) is 1.55. The number of aromatic nitrogens is 6. The fourth-order valence-electron chi connectivity index (χ4n) is 4.20. The lowest BCUT2D eigenvalue weighted by Gasteiger charge is -2.29. The number of rotatable bonds is 7. The van der Waals surface area contributed by atoms with Crippen LogP contribution in [-0.2, 0) is 12.0 Å². The number of allylic oxidation sites excluding steroid dienone is 1. The van der Waals surface area contributed by atoms with Crippen LogP contribution < -0.4 is 10.6 Å². The molecule has 13 heteroatoms. The van der Waals surface area contributed by atoms with Crippen LogP contribution in [0.4, 0.5) is 4.39 Å². The number of amides is 2. The van der Waals surface area contributed by atoms with Crippen LogP contribution in [0, 0.1) is 12.7 Å². The molecule has 1 aromatic carbocycles. The van der Waals surface area contributed by atoms with E-state index in [0.29, 0.717) is 30.2 Å². The molecule has 3 heterocycles. The van der Waals surface area contributed by atoms with E-state index in [-0.39, 0.29) is 34.1 Å². The summed E-state index contributed by atoms with van der Waals surface area (Å²) >= 11 is 5.81. The molecule has 1 unspecified atom stereocenters. The molecule has 2 amide bonds. The van der Waals surface area contributed by atoms with Gasteiger partial charge in [-0.2, -0.15) is 19.6 Å². The predicted octanol–water partition coefficient (Wildman–Crippen LogP) is 3.34. The Morgan fingerprint density at radius 1 is 1.18 bits per heavy atom. The molecule has 5 rings (SSSR count). The molecule has 0 saturated heterocycles. The number of hydrogen-bond acceptors (Lipinski definition) is 8. The van der Waals surface area contributed by atoms with Gasteiger partial charge in [0.15, 0.2) is 5.82 Å². The van der Waals surface area contributed by atoms with E-state index in [0.717, 1.165) is 18.4 Å². The first-order valence-corrected chi connectivity index (χ1v) is 12.3. The van der Waals surface area contributed by atoms with Crippen LogP contribution in [0.2, 0.25) is 5.02 Å². The molecule has 1 aliphatic rings. The van der Waals surface area contributed by atoms with E-state index in [1.807, 2.05) is 0 Å². The highest BCUT2D eigenvalue weighted by Crippen LogP contribution is 2.37. The number of benzene rings is 1. The molecular formula is C25H24ClFN8O3. The van der Waals surface area contributed by atoms with Gasteiger partial charge in [-0.3, -0.25) is 9.59 Å². The number of nitrogens with zero attached hydrogens (tertiary/aromatic N) is 6. The quantitative estimate of drug-likeness (QED) is 0.341. The van der Waals surface area contributed by atoms with Crippen LogP contribution in [0.5, 0.6) is 0 Å². The molecule has 3 aromatic heterocycles. The summed E-state index contributed by atoms with van der Waals surface area (Å²) in [6.45, 7) is 4.30. The monoisotopic (exact) mass is 538 g/mol. The number of nitrogens with one attached hydrogen (secondary N) is 2. The van der Waals surface area contributed by atoms with E-state index in [1.165, 1.54) is 35.1 Å². The van der Waals surface area contributed by atoms with Crippen molar-refractivity contribution in [3.63, 3.8) is 0 Å². The Hall–Kier alpha value is -4.19. The van der Waals surface area contributed by atoms with Gasteiger partial charge >= 0.3 is 0 Å². The van der Waals surface area contributed by atoms with Crippen molar-refractivity contribution in [2.75, 3.05) is 6.54 Å². The lowest BCUT2D eigenvalue weighted by atomic mass is 9.76. The van der Waals surface area contributed by atoms with Gasteiger partial charge < -0.3 is 15.2 Å². The van der Waals surface area contributed by atoms with Crippen molar-refractivity contribution in [3.05, 3.63) is 81.7 Å². The minimum absolute atomic E-state index is 0.00800. The molecule has 38 heavy (non-hydrogen) atoms. The fraction of sp³-hybridized carbons (Fsp3) is 0.320. The first-order chi connectivity index (χ1) is 18.2. The average Bonchev–Trinajstić information content (AvgIpc) is 3.57. The highest BCUT2D eigenvalue weighted by molar-refractivity contribution is 6.30.